The summed E-state index contributed by atoms with van der Waals surface area (Å²) >= 11 is 0. The van der Waals surface area contributed by atoms with E-state index in [1.54, 1.807) is 24.4 Å². The average molecular weight is 542 g/mol. The number of H-pyrrole nitrogens is 1. The lowest BCUT2D eigenvalue weighted by Crippen LogP contribution is -2.20. The van der Waals surface area contributed by atoms with Crippen molar-refractivity contribution in [3.05, 3.63) is 67.0 Å². The Kier molecular flexibility index (Phi) is 8.27. The molecule has 1 amide bonds. The lowest BCUT2D eigenvalue weighted by atomic mass is 9.81. The highest BCUT2D eigenvalue weighted by Gasteiger charge is 2.24. The van der Waals surface area contributed by atoms with Crippen LogP contribution in [0.25, 0.3) is 33.3 Å². The number of nitrogens with zero attached hydrogens (tertiary/aromatic N) is 1. The summed E-state index contributed by atoms with van der Waals surface area (Å²) in [6.45, 7) is 10.4. The fourth-order valence-corrected chi connectivity index (χ4v) is 5.74. The van der Waals surface area contributed by atoms with E-state index in [2.05, 4.69) is 54.8 Å². The molecule has 0 spiro atoms. The SMILES string of the molecule is CCC#CC(=O)Nc1cccc(-c2cnc3[nH]cc(-c4cccc(S(=O)(=O)CCC(C)C(C)(C)C)c4)c3c2)c1. The Balaban J connectivity index is 1.64. The quantitative estimate of drug-likeness (QED) is 0.244. The summed E-state index contributed by atoms with van der Waals surface area (Å²) in [7, 11) is -3.42. The molecule has 6 nitrogen and oxygen atoms in total. The molecule has 0 bridgehead atoms. The fraction of sp³-hybridized carbons (Fsp3) is 0.312. The number of aromatic nitrogens is 2. The predicted octanol–water partition coefficient (Wildman–Crippen LogP) is 7.09. The van der Waals surface area contributed by atoms with Crippen LogP contribution in [-0.4, -0.2) is 30.0 Å². The van der Waals surface area contributed by atoms with Crippen LogP contribution in [0.4, 0.5) is 5.69 Å². The Hall–Kier alpha value is -3.89. The van der Waals surface area contributed by atoms with Gasteiger partial charge in [0.1, 0.15) is 5.65 Å². The topological polar surface area (TPSA) is 91.9 Å². The van der Waals surface area contributed by atoms with Crippen LogP contribution in [0, 0.1) is 23.2 Å². The molecule has 0 radical (unpaired) electrons. The second-order valence-corrected chi connectivity index (χ2v) is 13.0. The molecule has 1 unspecified atom stereocenters. The van der Waals surface area contributed by atoms with E-state index in [9.17, 15) is 13.2 Å². The lowest BCUT2D eigenvalue weighted by molar-refractivity contribution is -0.111. The Morgan fingerprint density at radius 3 is 2.54 bits per heavy atom. The second kappa shape index (κ2) is 11.5. The summed E-state index contributed by atoms with van der Waals surface area (Å²) in [5, 5.41) is 3.69. The molecule has 2 N–H and O–H groups in total. The van der Waals surface area contributed by atoms with Crippen LogP contribution in [0.1, 0.15) is 47.5 Å². The molecule has 4 rings (SSSR count). The van der Waals surface area contributed by atoms with E-state index in [0.29, 0.717) is 29.1 Å². The van der Waals surface area contributed by atoms with Crippen LogP contribution in [0.5, 0.6) is 0 Å². The summed E-state index contributed by atoms with van der Waals surface area (Å²) in [4.78, 5) is 20.2. The highest BCUT2D eigenvalue weighted by atomic mass is 32.2. The molecule has 2 aromatic carbocycles. The number of anilines is 1. The number of fused-ring (bicyclic) bond motifs is 1. The van der Waals surface area contributed by atoms with Crippen molar-refractivity contribution >= 4 is 32.5 Å². The molecule has 0 saturated heterocycles. The zero-order valence-corrected chi connectivity index (χ0v) is 23.9. The van der Waals surface area contributed by atoms with Crippen molar-refractivity contribution in [2.75, 3.05) is 11.1 Å². The standard InChI is InChI=1S/C32H35N3O3S/c1-6-7-14-30(36)35-26-12-8-10-23(17-26)25-19-28-29(21-34-31(28)33-20-25)24-11-9-13-27(18-24)39(37,38)16-15-22(2)32(3,4)5/h8-13,17-22H,6,15-16H2,1-5H3,(H,33,34)(H,35,36). The first-order chi connectivity index (χ1) is 18.5. The molecular formula is C32H35N3O3S. The summed E-state index contributed by atoms with van der Waals surface area (Å²) in [5.41, 5.74) is 4.86. The largest absolute Gasteiger partial charge is 0.346 e. The Bertz CT molecular complexity index is 1670. The summed E-state index contributed by atoms with van der Waals surface area (Å²) < 4.78 is 26.4. The van der Waals surface area contributed by atoms with E-state index in [-0.39, 0.29) is 23.0 Å². The Morgan fingerprint density at radius 2 is 1.79 bits per heavy atom. The van der Waals surface area contributed by atoms with Gasteiger partial charge in [0.15, 0.2) is 9.84 Å². The number of benzene rings is 2. The van der Waals surface area contributed by atoms with Gasteiger partial charge in [-0.05, 0) is 65.1 Å². The number of rotatable bonds is 7. The Morgan fingerprint density at radius 1 is 1.05 bits per heavy atom. The third kappa shape index (κ3) is 6.76. The van der Waals surface area contributed by atoms with Gasteiger partial charge in [-0.15, -0.1) is 0 Å². The first-order valence-corrected chi connectivity index (χ1v) is 14.8. The van der Waals surface area contributed by atoms with E-state index in [1.807, 2.05) is 49.5 Å². The van der Waals surface area contributed by atoms with Gasteiger partial charge in [-0.25, -0.2) is 13.4 Å². The van der Waals surface area contributed by atoms with Gasteiger partial charge in [0.2, 0.25) is 0 Å². The van der Waals surface area contributed by atoms with E-state index >= 15 is 0 Å². The fourth-order valence-electron chi connectivity index (χ4n) is 4.25. The van der Waals surface area contributed by atoms with Crippen molar-refractivity contribution in [2.45, 2.75) is 52.4 Å². The van der Waals surface area contributed by atoms with Crippen LogP contribution in [0.3, 0.4) is 0 Å². The normalized spacial score (nSPS) is 12.5. The number of hydrogen-bond acceptors (Lipinski definition) is 4. The first-order valence-electron chi connectivity index (χ1n) is 13.2. The minimum absolute atomic E-state index is 0.0559. The van der Waals surface area contributed by atoms with Crippen LogP contribution in [0.15, 0.2) is 71.9 Å². The average Bonchev–Trinajstić information content (AvgIpc) is 3.33. The number of hydrogen-bond donors (Lipinski definition) is 2. The summed E-state index contributed by atoms with van der Waals surface area (Å²) in [6.07, 6.45) is 4.86. The van der Waals surface area contributed by atoms with E-state index in [4.69, 9.17) is 0 Å². The number of carbonyl (C=O) groups excluding carboxylic acids is 1. The van der Waals surface area contributed by atoms with Gasteiger partial charge < -0.3 is 10.3 Å². The first kappa shape index (κ1) is 28.1. The summed E-state index contributed by atoms with van der Waals surface area (Å²) in [6, 6.07) is 16.7. The van der Waals surface area contributed by atoms with E-state index in [0.717, 1.165) is 27.6 Å². The number of aromatic amines is 1. The van der Waals surface area contributed by atoms with Gasteiger partial charge in [0.25, 0.3) is 5.91 Å². The van der Waals surface area contributed by atoms with Crippen LogP contribution >= 0.6 is 0 Å². The molecule has 0 aliphatic heterocycles. The van der Waals surface area contributed by atoms with Crippen molar-refractivity contribution in [1.82, 2.24) is 9.97 Å². The molecule has 2 heterocycles. The number of amides is 1. The third-order valence-corrected chi connectivity index (χ3v) is 8.91. The zero-order chi connectivity index (χ0) is 28.2. The predicted molar refractivity (Wildman–Crippen MR) is 159 cm³/mol. The summed E-state index contributed by atoms with van der Waals surface area (Å²) in [5.74, 6) is 5.38. The number of nitrogens with one attached hydrogen (secondary N) is 2. The van der Waals surface area contributed by atoms with E-state index in [1.165, 1.54) is 0 Å². The van der Waals surface area contributed by atoms with Gasteiger partial charge in [0, 0.05) is 41.0 Å². The minimum Gasteiger partial charge on any atom is -0.346 e. The molecule has 0 saturated carbocycles. The minimum atomic E-state index is -3.42. The molecule has 0 fully saturated rings. The van der Waals surface area contributed by atoms with Crippen molar-refractivity contribution in [3.63, 3.8) is 0 Å². The van der Waals surface area contributed by atoms with Crippen LogP contribution in [-0.2, 0) is 14.6 Å². The number of pyridine rings is 1. The van der Waals surface area contributed by atoms with Crippen LogP contribution < -0.4 is 5.32 Å². The van der Waals surface area contributed by atoms with Gasteiger partial charge in [-0.3, -0.25) is 4.79 Å². The molecule has 2 aromatic heterocycles. The molecular weight excluding hydrogens is 506 g/mol. The van der Waals surface area contributed by atoms with Crippen molar-refractivity contribution < 1.29 is 13.2 Å². The number of carbonyl (C=O) groups is 1. The third-order valence-electron chi connectivity index (χ3n) is 7.17. The molecule has 39 heavy (non-hydrogen) atoms. The van der Waals surface area contributed by atoms with Crippen molar-refractivity contribution in [2.24, 2.45) is 11.3 Å². The molecule has 1 atom stereocenters. The van der Waals surface area contributed by atoms with Gasteiger partial charge in [-0.1, -0.05) is 64.8 Å². The van der Waals surface area contributed by atoms with E-state index < -0.39 is 9.84 Å². The van der Waals surface area contributed by atoms with Crippen molar-refractivity contribution in [1.29, 1.82) is 0 Å². The zero-order valence-electron chi connectivity index (χ0n) is 23.1. The van der Waals surface area contributed by atoms with Gasteiger partial charge in [-0.2, -0.15) is 0 Å². The highest BCUT2D eigenvalue weighted by Crippen LogP contribution is 2.34. The van der Waals surface area contributed by atoms with Crippen molar-refractivity contribution in [3.8, 4) is 34.1 Å². The maximum absolute atomic E-state index is 13.2. The smallest absolute Gasteiger partial charge is 0.300 e. The monoisotopic (exact) mass is 541 g/mol. The molecule has 4 aromatic rings. The number of sulfone groups is 1. The maximum atomic E-state index is 13.2. The van der Waals surface area contributed by atoms with Gasteiger partial charge in [0.05, 0.1) is 10.6 Å². The lowest BCUT2D eigenvalue weighted by Gasteiger charge is -2.27. The molecule has 7 heteroatoms. The highest BCUT2D eigenvalue weighted by molar-refractivity contribution is 7.91. The van der Waals surface area contributed by atoms with Gasteiger partial charge >= 0.3 is 0 Å². The van der Waals surface area contributed by atoms with Crippen LogP contribution in [0.2, 0.25) is 0 Å². The molecule has 202 valence electrons. The Labute approximate surface area is 231 Å². The molecule has 0 aliphatic carbocycles. The second-order valence-electron chi connectivity index (χ2n) is 10.9. The molecule has 0 aliphatic rings. The maximum Gasteiger partial charge on any atom is 0.300 e.